The van der Waals surface area contributed by atoms with Gasteiger partial charge in [0.15, 0.2) is 0 Å². The molecule has 1 aromatic carbocycles. The Labute approximate surface area is 192 Å². The number of fused-ring (bicyclic) bond motifs is 3. The summed E-state index contributed by atoms with van der Waals surface area (Å²) < 4.78 is 5.72. The van der Waals surface area contributed by atoms with Gasteiger partial charge in [-0.2, -0.15) is 0 Å². The van der Waals surface area contributed by atoms with Crippen molar-refractivity contribution >= 4 is 39.1 Å². The molecule has 2 N–H and O–H groups in total. The third-order valence-electron chi connectivity index (χ3n) is 7.42. The molecule has 4 saturated heterocycles. The molecular formula is C22H30BrCl2N3O. The average molecular weight is 503 g/mol. The molecule has 7 unspecified atom stereocenters. The third kappa shape index (κ3) is 3.90. The number of piperidine rings is 2. The van der Waals surface area contributed by atoms with Crippen molar-refractivity contribution in [2.45, 2.75) is 59.1 Å². The van der Waals surface area contributed by atoms with Gasteiger partial charge in [-0.15, -0.1) is 23.2 Å². The summed E-state index contributed by atoms with van der Waals surface area (Å²) in [5.74, 6) is 0.928. The van der Waals surface area contributed by atoms with E-state index in [4.69, 9.17) is 27.9 Å². The van der Waals surface area contributed by atoms with Crippen molar-refractivity contribution in [1.29, 1.82) is 0 Å². The summed E-state index contributed by atoms with van der Waals surface area (Å²) >= 11 is 17.8. The first kappa shape index (κ1) is 21.0. The first-order valence-corrected chi connectivity index (χ1v) is 12.7. The van der Waals surface area contributed by atoms with Crippen LogP contribution in [0.4, 0.5) is 0 Å². The molecule has 0 aromatic heterocycles. The predicted molar refractivity (Wildman–Crippen MR) is 122 cm³/mol. The molecule has 29 heavy (non-hydrogen) atoms. The van der Waals surface area contributed by atoms with Crippen molar-refractivity contribution in [3.05, 3.63) is 35.9 Å². The van der Waals surface area contributed by atoms with E-state index in [0.29, 0.717) is 34.8 Å². The van der Waals surface area contributed by atoms with E-state index in [2.05, 4.69) is 61.8 Å². The fourth-order valence-electron chi connectivity index (χ4n) is 6.25. The number of likely N-dealkylation sites (tertiary alicyclic amines) is 1. The lowest BCUT2D eigenvalue weighted by molar-refractivity contribution is -0.00199. The molecule has 4 fully saturated rings. The SMILES string of the molecule is ClC1CNC(Cl)C2C1C1NCC(Br)CC1N2[C@H](c1ccccc1)C1CCOCC1. The molecule has 4 nitrogen and oxygen atoms in total. The molecule has 4 aliphatic rings. The second-order valence-corrected chi connectivity index (χ2v) is 11.3. The van der Waals surface area contributed by atoms with Crippen LogP contribution < -0.4 is 10.6 Å². The van der Waals surface area contributed by atoms with Crippen LogP contribution in [0.5, 0.6) is 0 Å². The molecule has 0 spiro atoms. The van der Waals surface area contributed by atoms with Crippen molar-refractivity contribution in [2.75, 3.05) is 26.3 Å². The van der Waals surface area contributed by atoms with Gasteiger partial charge in [-0.3, -0.25) is 10.2 Å². The van der Waals surface area contributed by atoms with Gasteiger partial charge in [-0.05, 0) is 30.7 Å². The minimum Gasteiger partial charge on any atom is -0.381 e. The van der Waals surface area contributed by atoms with Crippen LogP contribution in [0, 0.1) is 11.8 Å². The van der Waals surface area contributed by atoms with Crippen molar-refractivity contribution < 1.29 is 4.74 Å². The first-order chi connectivity index (χ1) is 14.1. The van der Waals surface area contributed by atoms with Crippen molar-refractivity contribution in [3.8, 4) is 0 Å². The fourth-order valence-corrected chi connectivity index (χ4v) is 7.60. The lowest BCUT2D eigenvalue weighted by Crippen LogP contribution is -2.58. The van der Waals surface area contributed by atoms with Crippen molar-refractivity contribution in [2.24, 2.45) is 11.8 Å². The zero-order valence-corrected chi connectivity index (χ0v) is 19.6. The van der Waals surface area contributed by atoms with E-state index in [9.17, 15) is 0 Å². The number of alkyl halides is 3. The molecule has 8 atom stereocenters. The van der Waals surface area contributed by atoms with Gasteiger partial charge >= 0.3 is 0 Å². The first-order valence-electron chi connectivity index (χ1n) is 10.9. The molecule has 0 saturated carbocycles. The fraction of sp³-hybridized carbons (Fsp3) is 0.727. The van der Waals surface area contributed by atoms with Gasteiger partial charge < -0.3 is 10.1 Å². The molecule has 0 bridgehead atoms. The van der Waals surface area contributed by atoms with Crippen LogP contribution in [-0.2, 0) is 4.74 Å². The normalized spacial score (nSPS) is 42.2. The van der Waals surface area contributed by atoms with E-state index in [1.807, 2.05) is 0 Å². The lowest BCUT2D eigenvalue weighted by atomic mass is 9.84. The van der Waals surface area contributed by atoms with Crippen LogP contribution in [0.3, 0.4) is 0 Å². The van der Waals surface area contributed by atoms with Gasteiger partial charge in [0.2, 0.25) is 0 Å². The highest BCUT2D eigenvalue weighted by atomic mass is 79.9. The highest BCUT2D eigenvalue weighted by molar-refractivity contribution is 9.09. The molecule has 5 rings (SSSR count). The highest BCUT2D eigenvalue weighted by Crippen LogP contribution is 2.50. The molecule has 0 amide bonds. The largest absolute Gasteiger partial charge is 0.381 e. The second-order valence-electron chi connectivity index (χ2n) is 8.98. The Morgan fingerprint density at radius 2 is 1.83 bits per heavy atom. The molecule has 4 heterocycles. The quantitative estimate of drug-likeness (QED) is 0.487. The van der Waals surface area contributed by atoms with Gasteiger partial charge in [-0.1, -0.05) is 46.3 Å². The predicted octanol–water partition coefficient (Wildman–Crippen LogP) is 3.72. The van der Waals surface area contributed by atoms with Gasteiger partial charge in [-0.25, -0.2) is 0 Å². The summed E-state index contributed by atoms with van der Waals surface area (Å²) in [7, 11) is 0. The Morgan fingerprint density at radius 1 is 1.07 bits per heavy atom. The van der Waals surface area contributed by atoms with E-state index in [0.717, 1.165) is 45.6 Å². The number of hydrogen-bond acceptors (Lipinski definition) is 4. The summed E-state index contributed by atoms with van der Waals surface area (Å²) in [5.41, 5.74) is 1.32. The summed E-state index contributed by atoms with van der Waals surface area (Å²) in [5, 5.41) is 7.42. The van der Waals surface area contributed by atoms with Gasteiger partial charge in [0.1, 0.15) is 0 Å². The van der Waals surface area contributed by atoms with Crippen LogP contribution >= 0.6 is 39.1 Å². The van der Waals surface area contributed by atoms with E-state index in [1.54, 1.807) is 0 Å². The lowest BCUT2D eigenvalue weighted by Gasteiger charge is -2.47. The number of ether oxygens (including phenoxy) is 1. The Bertz CT molecular complexity index is 692. The van der Waals surface area contributed by atoms with Crippen molar-refractivity contribution in [1.82, 2.24) is 15.5 Å². The average Bonchev–Trinajstić information content (AvgIpc) is 3.08. The van der Waals surface area contributed by atoms with Crippen LogP contribution in [0.15, 0.2) is 30.3 Å². The Balaban J connectivity index is 1.58. The van der Waals surface area contributed by atoms with Crippen LogP contribution in [-0.4, -0.2) is 65.0 Å². The zero-order chi connectivity index (χ0) is 20.0. The van der Waals surface area contributed by atoms with Crippen LogP contribution in [0.1, 0.15) is 30.9 Å². The van der Waals surface area contributed by atoms with E-state index in [1.165, 1.54) is 5.56 Å². The minimum absolute atomic E-state index is 0.0813. The van der Waals surface area contributed by atoms with Crippen molar-refractivity contribution in [3.63, 3.8) is 0 Å². The number of nitrogens with zero attached hydrogens (tertiary/aromatic N) is 1. The number of halogens is 3. The van der Waals surface area contributed by atoms with E-state index < -0.39 is 0 Å². The Kier molecular flexibility index (Phi) is 6.47. The highest BCUT2D eigenvalue weighted by Gasteiger charge is 2.59. The minimum atomic E-state index is -0.0813. The molecular weight excluding hydrogens is 473 g/mol. The zero-order valence-electron chi connectivity index (χ0n) is 16.5. The molecule has 1 aromatic rings. The summed E-state index contributed by atoms with van der Waals surface area (Å²) in [4.78, 5) is 3.24. The summed E-state index contributed by atoms with van der Waals surface area (Å²) in [6.07, 6.45) is 3.33. The van der Waals surface area contributed by atoms with Crippen LogP contribution in [0.25, 0.3) is 0 Å². The van der Waals surface area contributed by atoms with E-state index in [-0.39, 0.29) is 16.9 Å². The van der Waals surface area contributed by atoms with E-state index >= 15 is 0 Å². The maximum Gasteiger partial charge on any atom is 0.0987 e. The number of benzene rings is 1. The van der Waals surface area contributed by atoms with Gasteiger partial charge in [0, 0.05) is 61.2 Å². The van der Waals surface area contributed by atoms with Gasteiger partial charge in [0.25, 0.3) is 0 Å². The number of hydrogen-bond donors (Lipinski definition) is 2. The van der Waals surface area contributed by atoms with Gasteiger partial charge in [0.05, 0.1) is 10.9 Å². The topological polar surface area (TPSA) is 36.5 Å². The van der Waals surface area contributed by atoms with Crippen LogP contribution in [0.2, 0.25) is 0 Å². The maximum atomic E-state index is 6.97. The molecule has 4 aliphatic heterocycles. The monoisotopic (exact) mass is 501 g/mol. The molecule has 0 radical (unpaired) electrons. The Morgan fingerprint density at radius 3 is 2.59 bits per heavy atom. The summed E-state index contributed by atoms with van der Waals surface area (Å²) in [6.45, 7) is 3.48. The second kappa shape index (κ2) is 8.93. The molecule has 0 aliphatic carbocycles. The number of nitrogens with one attached hydrogen (secondary N) is 2. The molecule has 160 valence electrons. The maximum absolute atomic E-state index is 6.97. The third-order valence-corrected chi connectivity index (χ3v) is 8.98. The Hall–Kier alpha value is 0.120. The number of rotatable bonds is 3. The smallest absolute Gasteiger partial charge is 0.0987 e. The summed E-state index contributed by atoms with van der Waals surface area (Å²) in [6, 6.07) is 12.4. The standard InChI is InChI=1S/C22H30BrCl2N3O/c23-15-10-17-19(26-11-15)18-16(24)12-27-22(25)21(18)28(17)20(13-4-2-1-3-5-13)14-6-8-29-9-7-14/h1-5,14-22,26-27H,6-12H2/t15?,16?,17?,18?,19?,20-,21?,22?/m1/s1. The molecule has 7 heteroatoms.